The number of amides is 1. The van der Waals surface area contributed by atoms with Crippen molar-refractivity contribution in [2.75, 3.05) is 26.2 Å². The van der Waals surface area contributed by atoms with Gasteiger partial charge in [-0.1, -0.05) is 78.9 Å². The maximum atomic E-state index is 13.0. The van der Waals surface area contributed by atoms with Gasteiger partial charge in [-0.15, -0.1) is 0 Å². The molecule has 2 N–H and O–H groups in total. The molecule has 5 aromatic rings. The number of nitrogens with zero attached hydrogens (tertiary/aromatic N) is 2. The smallest absolute Gasteiger partial charge is 0.255 e. The quantitative estimate of drug-likeness (QED) is 0.183. The summed E-state index contributed by atoms with van der Waals surface area (Å²) in [6, 6.07) is 35.4. The van der Waals surface area contributed by atoms with Crippen molar-refractivity contribution in [2.45, 2.75) is 31.7 Å². The zero-order valence-corrected chi connectivity index (χ0v) is 24.6. The van der Waals surface area contributed by atoms with Crippen molar-refractivity contribution < 1.29 is 19.4 Å². The zero-order chi connectivity index (χ0) is 30.1. The number of nitrogens with one attached hydrogen (secondary N) is 1. The van der Waals surface area contributed by atoms with Crippen LogP contribution in [0.4, 0.5) is 0 Å². The van der Waals surface area contributed by atoms with Crippen molar-refractivity contribution in [2.24, 2.45) is 0 Å². The van der Waals surface area contributed by atoms with E-state index in [2.05, 4.69) is 63.7 Å². The second kappa shape index (κ2) is 14.2. The van der Waals surface area contributed by atoms with Gasteiger partial charge in [0.2, 0.25) is 0 Å². The lowest BCUT2D eigenvalue weighted by molar-refractivity contribution is -0.0267. The molecule has 0 spiro atoms. The van der Waals surface area contributed by atoms with Gasteiger partial charge in [-0.2, -0.15) is 0 Å². The third-order valence-electron chi connectivity index (χ3n) is 8.08. The first kappa shape index (κ1) is 29.4. The van der Waals surface area contributed by atoms with Crippen molar-refractivity contribution in [3.8, 4) is 11.5 Å². The van der Waals surface area contributed by atoms with E-state index in [4.69, 9.17) is 9.47 Å². The number of rotatable bonds is 11. The van der Waals surface area contributed by atoms with Crippen LogP contribution in [0.3, 0.4) is 0 Å². The highest BCUT2D eigenvalue weighted by Crippen LogP contribution is 2.32. The summed E-state index contributed by atoms with van der Waals surface area (Å²) in [5, 5.41) is 15.3. The van der Waals surface area contributed by atoms with Gasteiger partial charge in [-0.3, -0.25) is 9.78 Å². The average Bonchev–Trinajstić information content (AvgIpc) is 3.08. The van der Waals surface area contributed by atoms with Crippen LogP contribution >= 0.6 is 0 Å². The Morgan fingerprint density at radius 2 is 1.59 bits per heavy atom. The Balaban J connectivity index is 1.00. The number of benzene rings is 4. The van der Waals surface area contributed by atoms with E-state index in [0.717, 1.165) is 60.1 Å². The van der Waals surface area contributed by atoms with E-state index in [1.54, 1.807) is 18.3 Å². The molecule has 7 nitrogen and oxygen atoms in total. The number of piperidine rings is 1. The SMILES string of the molecule is O=C(NCCN1CCC(OC(c2ccccc2)c2ccccc2)CC1)c1cc2cccc(OCc3ccccn3)c2cc1O. The van der Waals surface area contributed by atoms with Gasteiger partial charge in [0.05, 0.1) is 17.4 Å². The predicted octanol–water partition coefficient (Wildman–Crippen LogP) is 6.52. The van der Waals surface area contributed by atoms with E-state index in [9.17, 15) is 9.90 Å². The third kappa shape index (κ3) is 7.25. The molecule has 0 bridgehead atoms. The van der Waals surface area contributed by atoms with Crippen LogP contribution in [0.2, 0.25) is 0 Å². The molecule has 1 aromatic heterocycles. The molecular weight excluding hydrogens is 550 g/mol. The Morgan fingerprint density at radius 1 is 0.886 bits per heavy atom. The molecule has 0 atom stereocenters. The molecule has 2 heterocycles. The summed E-state index contributed by atoms with van der Waals surface area (Å²) in [5.41, 5.74) is 3.38. The highest BCUT2D eigenvalue weighted by Gasteiger charge is 2.25. The fourth-order valence-corrected chi connectivity index (χ4v) is 5.72. The van der Waals surface area contributed by atoms with Crippen LogP contribution < -0.4 is 10.1 Å². The lowest BCUT2D eigenvalue weighted by Crippen LogP contribution is -2.41. The average molecular weight is 588 g/mol. The maximum Gasteiger partial charge on any atom is 0.255 e. The number of phenols is 1. The van der Waals surface area contributed by atoms with Crippen molar-refractivity contribution in [1.82, 2.24) is 15.2 Å². The summed E-state index contributed by atoms with van der Waals surface area (Å²) in [5.74, 6) is 0.255. The molecule has 0 radical (unpaired) electrons. The topological polar surface area (TPSA) is 83.9 Å². The number of carbonyl (C=O) groups is 1. The first-order valence-corrected chi connectivity index (χ1v) is 15.2. The van der Waals surface area contributed by atoms with E-state index in [0.29, 0.717) is 18.9 Å². The highest BCUT2D eigenvalue weighted by atomic mass is 16.5. The number of phenolic OH excluding ortho intramolecular Hbond substituents is 1. The molecule has 1 fully saturated rings. The number of aromatic hydroxyl groups is 1. The molecule has 0 aliphatic carbocycles. The number of aromatic nitrogens is 1. The largest absolute Gasteiger partial charge is 0.507 e. The Hall–Kier alpha value is -4.72. The van der Waals surface area contributed by atoms with Crippen molar-refractivity contribution >= 4 is 16.7 Å². The Kier molecular flexibility index (Phi) is 9.45. The lowest BCUT2D eigenvalue weighted by atomic mass is 10.00. The number of ether oxygens (including phenoxy) is 2. The molecule has 1 saturated heterocycles. The van der Waals surface area contributed by atoms with Crippen molar-refractivity contribution in [1.29, 1.82) is 0 Å². The van der Waals surface area contributed by atoms with Gasteiger partial charge in [-0.25, -0.2) is 0 Å². The minimum absolute atomic E-state index is 0.0757. The molecule has 224 valence electrons. The third-order valence-corrected chi connectivity index (χ3v) is 8.08. The highest BCUT2D eigenvalue weighted by molar-refractivity contribution is 6.02. The van der Waals surface area contributed by atoms with E-state index in [1.807, 2.05) is 48.5 Å². The molecule has 1 aliphatic rings. The van der Waals surface area contributed by atoms with Gasteiger partial charge in [-0.05, 0) is 59.7 Å². The Labute approximate surface area is 258 Å². The van der Waals surface area contributed by atoms with Crippen LogP contribution in [-0.2, 0) is 11.3 Å². The van der Waals surface area contributed by atoms with Crippen LogP contribution in [0, 0.1) is 0 Å². The predicted molar refractivity (Wildman–Crippen MR) is 172 cm³/mol. The minimum Gasteiger partial charge on any atom is -0.507 e. The number of hydrogen-bond acceptors (Lipinski definition) is 6. The summed E-state index contributed by atoms with van der Waals surface area (Å²) in [6.07, 6.45) is 3.66. The van der Waals surface area contributed by atoms with Crippen LogP contribution in [0.5, 0.6) is 11.5 Å². The van der Waals surface area contributed by atoms with Gasteiger partial charge < -0.3 is 24.8 Å². The molecule has 1 amide bonds. The fraction of sp³-hybridized carbons (Fsp3) is 0.243. The summed E-state index contributed by atoms with van der Waals surface area (Å²) in [6.45, 7) is 3.34. The zero-order valence-electron chi connectivity index (χ0n) is 24.6. The molecular formula is C37H37N3O4. The van der Waals surface area contributed by atoms with Crippen LogP contribution in [0.1, 0.15) is 46.1 Å². The summed E-state index contributed by atoms with van der Waals surface area (Å²) in [4.78, 5) is 19.7. The molecule has 0 saturated carbocycles. The first-order chi connectivity index (χ1) is 21.6. The Bertz CT molecular complexity index is 1620. The van der Waals surface area contributed by atoms with E-state index >= 15 is 0 Å². The number of pyridine rings is 1. The van der Waals surface area contributed by atoms with E-state index in [-0.39, 0.29) is 29.4 Å². The maximum absolute atomic E-state index is 13.0. The second-order valence-corrected chi connectivity index (χ2v) is 11.1. The number of likely N-dealkylation sites (tertiary alicyclic amines) is 1. The van der Waals surface area contributed by atoms with Gasteiger partial charge in [0.1, 0.15) is 24.2 Å². The monoisotopic (exact) mass is 587 g/mol. The number of fused-ring (bicyclic) bond motifs is 1. The van der Waals surface area contributed by atoms with E-state index < -0.39 is 0 Å². The fourth-order valence-electron chi connectivity index (χ4n) is 5.72. The second-order valence-electron chi connectivity index (χ2n) is 11.1. The summed E-state index contributed by atoms with van der Waals surface area (Å²) in [7, 11) is 0. The summed E-state index contributed by atoms with van der Waals surface area (Å²) >= 11 is 0. The molecule has 0 unspecified atom stereocenters. The molecule has 4 aromatic carbocycles. The Morgan fingerprint density at radius 3 is 2.27 bits per heavy atom. The number of hydrogen-bond donors (Lipinski definition) is 2. The van der Waals surface area contributed by atoms with Crippen LogP contribution in [0.15, 0.2) is 115 Å². The van der Waals surface area contributed by atoms with Crippen molar-refractivity contribution in [3.63, 3.8) is 0 Å². The lowest BCUT2D eigenvalue weighted by Gasteiger charge is -2.34. The van der Waals surface area contributed by atoms with Gasteiger partial charge in [0, 0.05) is 37.8 Å². The van der Waals surface area contributed by atoms with Crippen LogP contribution in [-0.4, -0.2) is 53.2 Å². The molecule has 44 heavy (non-hydrogen) atoms. The first-order valence-electron chi connectivity index (χ1n) is 15.2. The molecule has 7 heteroatoms. The normalized spacial score (nSPS) is 14.1. The van der Waals surface area contributed by atoms with Gasteiger partial charge in [0.15, 0.2) is 0 Å². The number of carbonyl (C=O) groups excluding carboxylic acids is 1. The van der Waals surface area contributed by atoms with Gasteiger partial charge >= 0.3 is 0 Å². The van der Waals surface area contributed by atoms with Crippen molar-refractivity contribution in [3.05, 3.63) is 138 Å². The standard InChI is InChI=1S/C37H37N3O4/c41-34-25-32-29(14-9-16-35(32)43-26-30-15-7-8-19-38-30)24-33(34)37(42)39-20-23-40-21-17-31(18-22-40)44-36(27-10-3-1-4-11-27)28-12-5-2-6-13-28/h1-16,19,24-25,31,36,41H,17-18,20-23,26H2,(H,39,42). The van der Waals surface area contributed by atoms with Crippen LogP contribution in [0.25, 0.3) is 10.8 Å². The van der Waals surface area contributed by atoms with Gasteiger partial charge in [0.25, 0.3) is 5.91 Å². The molecule has 1 aliphatic heterocycles. The molecule has 6 rings (SSSR count). The minimum atomic E-state index is -0.295. The van der Waals surface area contributed by atoms with E-state index in [1.165, 1.54) is 0 Å². The summed E-state index contributed by atoms with van der Waals surface area (Å²) < 4.78 is 12.6.